The molecule has 0 aliphatic carbocycles. The van der Waals surface area contributed by atoms with Crippen LogP contribution < -0.4 is 10.6 Å². The number of hydrogen-bond acceptors (Lipinski definition) is 4. The maximum atomic E-state index is 12.1. The van der Waals surface area contributed by atoms with E-state index < -0.39 is 0 Å². The van der Waals surface area contributed by atoms with Crippen molar-refractivity contribution in [1.82, 2.24) is 30.1 Å². The second kappa shape index (κ2) is 13.1. The summed E-state index contributed by atoms with van der Waals surface area (Å²) in [6, 6.07) is 3.97. The number of rotatable bonds is 9. The minimum Gasteiger partial charge on any atom is -0.357 e. The quantitative estimate of drug-likeness (QED) is 0.306. The second-order valence-electron chi connectivity index (χ2n) is 6.31. The van der Waals surface area contributed by atoms with Crippen LogP contribution in [0, 0.1) is 6.92 Å². The number of nitrogens with zero attached hydrogens (tertiary/aromatic N) is 5. The molecule has 2 heterocycles. The van der Waals surface area contributed by atoms with E-state index in [1.54, 1.807) is 6.20 Å². The van der Waals surface area contributed by atoms with Crippen LogP contribution in [0.2, 0.25) is 0 Å². The van der Waals surface area contributed by atoms with E-state index in [1.807, 2.05) is 61.7 Å². The van der Waals surface area contributed by atoms with Crippen molar-refractivity contribution in [1.29, 1.82) is 0 Å². The number of carbonyl (C=O) groups excluding carboxylic acids is 1. The number of amides is 1. The van der Waals surface area contributed by atoms with E-state index in [4.69, 9.17) is 0 Å². The van der Waals surface area contributed by atoms with E-state index >= 15 is 0 Å². The summed E-state index contributed by atoms with van der Waals surface area (Å²) in [6.45, 7) is 11.2. The minimum atomic E-state index is 0. The highest BCUT2D eigenvalue weighted by Gasteiger charge is 2.09. The summed E-state index contributed by atoms with van der Waals surface area (Å²) in [5.74, 6) is 2.59. The van der Waals surface area contributed by atoms with Crippen molar-refractivity contribution < 1.29 is 4.79 Å². The summed E-state index contributed by atoms with van der Waals surface area (Å²) in [6.07, 6.45) is 5.93. The molecule has 0 spiro atoms. The molecule has 0 saturated carbocycles. The van der Waals surface area contributed by atoms with Crippen molar-refractivity contribution in [3.05, 3.63) is 42.1 Å². The number of pyridine rings is 1. The van der Waals surface area contributed by atoms with Gasteiger partial charge in [-0.25, -0.2) is 15.0 Å². The zero-order valence-electron chi connectivity index (χ0n) is 17.7. The number of carbonyl (C=O) groups is 1. The van der Waals surface area contributed by atoms with E-state index in [0.29, 0.717) is 25.5 Å². The number of imidazole rings is 1. The van der Waals surface area contributed by atoms with Gasteiger partial charge >= 0.3 is 0 Å². The van der Waals surface area contributed by atoms with Gasteiger partial charge in [0.1, 0.15) is 11.6 Å². The van der Waals surface area contributed by atoms with Crippen molar-refractivity contribution in [2.75, 3.05) is 26.2 Å². The maximum Gasteiger partial charge on any atom is 0.224 e. The Morgan fingerprint density at radius 2 is 1.93 bits per heavy atom. The van der Waals surface area contributed by atoms with E-state index in [1.165, 1.54) is 0 Å². The molecule has 2 aromatic rings. The lowest BCUT2D eigenvalue weighted by atomic mass is 10.3. The van der Waals surface area contributed by atoms with Gasteiger partial charge in [0.2, 0.25) is 5.91 Å². The third-order valence-corrected chi connectivity index (χ3v) is 4.39. The van der Waals surface area contributed by atoms with Gasteiger partial charge in [-0.15, -0.1) is 24.0 Å². The molecule has 0 aliphatic heterocycles. The van der Waals surface area contributed by atoms with Gasteiger partial charge in [0.25, 0.3) is 0 Å². The molecule has 1 amide bonds. The number of aliphatic imine (C=N–C) groups is 1. The molecule has 0 atom stereocenters. The number of nitrogens with one attached hydrogen (secondary N) is 2. The topological polar surface area (TPSA) is 87.4 Å². The third kappa shape index (κ3) is 7.64. The molecule has 0 bridgehead atoms. The fourth-order valence-corrected chi connectivity index (χ4v) is 2.81. The number of halogens is 1. The standard InChI is InChI=1S/C20H31N7O.HI/c1-5-21-20(23-11-10-19(28)26(6-2)7-3)25-15-17-8-9-18(24-14-17)27-13-12-22-16(27)4;/h8-9,12-14H,5-7,10-11,15H2,1-4H3,(H2,21,23,25);1H. The van der Waals surface area contributed by atoms with Crippen LogP contribution in [0.1, 0.15) is 38.6 Å². The molecule has 29 heavy (non-hydrogen) atoms. The second-order valence-corrected chi connectivity index (χ2v) is 6.31. The van der Waals surface area contributed by atoms with E-state index in [0.717, 1.165) is 36.8 Å². The molecule has 0 unspecified atom stereocenters. The summed E-state index contributed by atoms with van der Waals surface area (Å²) in [4.78, 5) is 27.2. The molecule has 8 nitrogen and oxygen atoms in total. The number of guanidine groups is 1. The first-order valence-electron chi connectivity index (χ1n) is 9.84. The summed E-state index contributed by atoms with van der Waals surface area (Å²) in [7, 11) is 0. The SMILES string of the molecule is CCNC(=NCc1ccc(-n2ccnc2C)nc1)NCCC(=O)N(CC)CC.I. The largest absolute Gasteiger partial charge is 0.357 e. The highest BCUT2D eigenvalue weighted by molar-refractivity contribution is 14.0. The van der Waals surface area contributed by atoms with Crippen LogP contribution in [0.15, 0.2) is 35.7 Å². The molecule has 2 N–H and O–H groups in total. The molecule has 2 rings (SSSR count). The molecular formula is C20H32IN7O. The summed E-state index contributed by atoms with van der Waals surface area (Å²) < 4.78 is 1.94. The van der Waals surface area contributed by atoms with Gasteiger partial charge in [-0.2, -0.15) is 0 Å². The van der Waals surface area contributed by atoms with Gasteiger partial charge in [-0.05, 0) is 39.3 Å². The fourth-order valence-electron chi connectivity index (χ4n) is 2.81. The van der Waals surface area contributed by atoms with Gasteiger partial charge < -0.3 is 15.5 Å². The van der Waals surface area contributed by atoms with E-state index in [2.05, 4.69) is 25.6 Å². The Morgan fingerprint density at radius 1 is 1.17 bits per heavy atom. The molecule has 0 radical (unpaired) electrons. The zero-order valence-corrected chi connectivity index (χ0v) is 20.0. The fraction of sp³-hybridized carbons (Fsp3) is 0.500. The summed E-state index contributed by atoms with van der Waals surface area (Å²) in [5, 5.41) is 6.43. The first-order chi connectivity index (χ1) is 13.6. The van der Waals surface area contributed by atoms with Gasteiger partial charge in [-0.3, -0.25) is 9.36 Å². The van der Waals surface area contributed by atoms with Crippen LogP contribution in [0.3, 0.4) is 0 Å². The van der Waals surface area contributed by atoms with Gasteiger partial charge in [-0.1, -0.05) is 6.07 Å². The molecule has 2 aromatic heterocycles. The van der Waals surface area contributed by atoms with Crippen LogP contribution >= 0.6 is 24.0 Å². The van der Waals surface area contributed by atoms with Crippen molar-refractivity contribution >= 4 is 35.8 Å². The Hall–Kier alpha value is -2.17. The van der Waals surface area contributed by atoms with E-state index in [9.17, 15) is 4.79 Å². The molecular weight excluding hydrogens is 481 g/mol. The van der Waals surface area contributed by atoms with Crippen LogP contribution in [-0.2, 0) is 11.3 Å². The lowest BCUT2D eigenvalue weighted by Crippen LogP contribution is -2.40. The average Bonchev–Trinajstić information content (AvgIpc) is 3.13. The monoisotopic (exact) mass is 513 g/mol. The van der Waals surface area contributed by atoms with Crippen molar-refractivity contribution in [2.24, 2.45) is 4.99 Å². The average molecular weight is 513 g/mol. The van der Waals surface area contributed by atoms with Crippen molar-refractivity contribution in [2.45, 2.75) is 40.7 Å². The Morgan fingerprint density at radius 3 is 2.48 bits per heavy atom. The van der Waals surface area contributed by atoms with Crippen LogP contribution in [0.25, 0.3) is 5.82 Å². The molecule has 0 saturated heterocycles. The minimum absolute atomic E-state index is 0. The number of aromatic nitrogens is 3. The molecule has 160 valence electrons. The molecule has 0 aliphatic rings. The van der Waals surface area contributed by atoms with Crippen LogP contribution in [-0.4, -0.2) is 57.5 Å². The summed E-state index contributed by atoms with van der Waals surface area (Å²) in [5.41, 5.74) is 1.01. The lowest BCUT2D eigenvalue weighted by Gasteiger charge is -2.19. The normalized spacial score (nSPS) is 11.0. The Bertz CT molecular complexity index is 769. The Labute approximate surface area is 190 Å². The van der Waals surface area contributed by atoms with Crippen molar-refractivity contribution in [3.8, 4) is 5.82 Å². The molecule has 0 fully saturated rings. The predicted octanol–water partition coefficient (Wildman–Crippen LogP) is 2.51. The highest BCUT2D eigenvalue weighted by Crippen LogP contribution is 2.09. The van der Waals surface area contributed by atoms with Gasteiger partial charge in [0.15, 0.2) is 5.96 Å². The first kappa shape index (κ1) is 24.9. The lowest BCUT2D eigenvalue weighted by molar-refractivity contribution is -0.130. The smallest absolute Gasteiger partial charge is 0.224 e. The highest BCUT2D eigenvalue weighted by atomic mass is 127. The maximum absolute atomic E-state index is 12.1. The number of aryl methyl sites for hydroxylation is 1. The van der Waals surface area contributed by atoms with Gasteiger partial charge in [0.05, 0.1) is 6.54 Å². The van der Waals surface area contributed by atoms with Crippen LogP contribution in [0.4, 0.5) is 0 Å². The van der Waals surface area contributed by atoms with E-state index in [-0.39, 0.29) is 29.9 Å². The predicted molar refractivity (Wildman–Crippen MR) is 127 cm³/mol. The van der Waals surface area contributed by atoms with Crippen molar-refractivity contribution in [3.63, 3.8) is 0 Å². The number of hydrogen-bond donors (Lipinski definition) is 2. The molecule has 9 heteroatoms. The third-order valence-electron chi connectivity index (χ3n) is 4.39. The molecule has 0 aromatic carbocycles. The Balaban J connectivity index is 0.00000420. The van der Waals surface area contributed by atoms with Crippen LogP contribution in [0.5, 0.6) is 0 Å². The Kier molecular flexibility index (Phi) is 11.3. The summed E-state index contributed by atoms with van der Waals surface area (Å²) >= 11 is 0. The first-order valence-corrected chi connectivity index (χ1v) is 9.84. The van der Waals surface area contributed by atoms with Gasteiger partial charge in [0, 0.05) is 51.2 Å². The zero-order chi connectivity index (χ0) is 20.4.